The molecule has 32 heavy (non-hydrogen) atoms. The summed E-state index contributed by atoms with van der Waals surface area (Å²) in [6.45, 7) is 1.02. The van der Waals surface area contributed by atoms with Gasteiger partial charge in [-0.15, -0.1) is 0 Å². The molecule has 0 spiro atoms. The van der Waals surface area contributed by atoms with E-state index in [0.29, 0.717) is 21.3 Å². The normalized spacial score (nSPS) is 13.4. The Hall–Kier alpha value is -3.23. The molecule has 0 bridgehead atoms. The number of hydrazone groups is 1. The van der Waals surface area contributed by atoms with Crippen LogP contribution in [0.2, 0.25) is 5.02 Å². The number of hydrogen-bond donors (Lipinski definition) is 1. The Bertz CT molecular complexity index is 1340. The van der Waals surface area contributed by atoms with Crippen LogP contribution in [0.4, 0.5) is 0 Å². The first kappa shape index (κ1) is 20.7. The number of halogens is 1. The number of benzene rings is 2. The molecule has 0 radical (unpaired) electrons. The van der Waals surface area contributed by atoms with Crippen LogP contribution >= 0.6 is 23.1 Å². The number of carbonyl (C=O) groups is 1. The van der Waals surface area contributed by atoms with Crippen molar-refractivity contribution in [3.8, 4) is 17.0 Å². The third-order valence-electron chi connectivity index (χ3n) is 5.44. The maximum atomic E-state index is 12.5. The molecule has 3 heterocycles. The van der Waals surface area contributed by atoms with E-state index in [1.165, 1.54) is 12.8 Å². The average molecular weight is 466 g/mol. The molecule has 1 aliphatic rings. The second-order valence-electron chi connectivity index (χ2n) is 7.51. The Labute approximate surface area is 193 Å². The summed E-state index contributed by atoms with van der Waals surface area (Å²) in [5, 5.41) is 4.68. The van der Waals surface area contributed by atoms with E-state index in [1.54, 1.807) is 31.5 Å². The number of amides is 1. The molecular weight excluding hydrogens is 446 g/mol. The van der Waals surface area contributed by atoms with Gasteiger partial charge in [0.1, 0.15) is 16.5 Å². The first-order valence-corrected chi connectivity index (χ1v) is 11.4. The molecule has 1 aliphatic heterocycles. The topological polar surface area (TPSA) is 81.4 Å². The quantitative estimate of drug-likeness (QED) is 0.335. The lowest BCUT2D eigenvalue weighted by Crippen LogP contribution is -2.16. The molecule has 0 saturated heterocycles. The zero-order valence-corrected chi connectivity index (χ0v) is 18.9. The van der Waals surface area contributed by atoms with Crippen LogP contribution in [0.1, 0.15) is 33.9 Å². The molecule has 7 nitrogen and oxygen atoms in total. The fourth-order valence-corrected chi connectivity index (χ4v) is 4.68. The van der Waals surface area contributed by atoms with Crippen molar-refractivity contribution in [2.75, 3.05) is 7.11 Å². The van der Waals surface area contributed by atoms with Gasteiger partial charge in [-0.05, 0) is 66.3 Å². The summed E-state index contributed by atoms with van der Waals surface area (Å²) < 4.78 is 12.0. The second-order valence-corrected chi connectivity index (χ2v) is 8.75. The number of carbonyl (C=O) groups excluding carboxylic acids is 1. The van der Waals surface area contributed by atoms with Gasteiger partial charge in [0.15, 0.2) is 0 Å². The molecule has 1 amide bonds. The highest BCUT2D eigenvalue weighted by Gasteiger charge is 2.16. The summed E-state index contributed by atoms with van der Waals surface area (Å²) in [7, 11) is 1.57. The van der Waals surface area contributed by atoms with Gasteiger partial charge in [0, 0.05) is 23.6 Å². The van der Waals surface area contributed by atoms with Crippen LogP contribution in [0.25, 0.3) is 22.3 Å². The standard InChI is InChI=1S/C23H20ClN5O2S/c1-31-20-11-15(24)6-7-16(20)17-12-21(32-28-17)23(30)27-25-13-14-5-8-19-18(10-14)26-22-4-2-3-9-29(19)22/h5-8,10-13H,2-4,9H2,1H3,(H,27,30)/b25-13+. The highest BCUT2D eigenvalue weighted by Crippen LogP contribution is 2.33. The van der Waals surface area contributed by atoms with E-state index in [2.05, 4.69) is 25.5 Å². The molecule has 0 unspecified atom stereocenters. The van der Waals surface area contributed by atoms with Gasteiger partial charge in [-0.1, -0.05) is 17.7 Å². The van der Waals surface area contributed by atoms with E-state index < -0.39 is 0 Å². The van der Waals surface area contributed by atoms with Crippen LogP contribution in [0.3, 0.4) is 0 Å². The minimum atomic E-state index is -0.323. The lowest BCUT2D eigenvalue weighted by molar-refractivity contribution is 0.0959. The van der Waals surface area contributed by atoms with E-state index in [9.17, 15) is 4.79 Å². The first-order chi connectivity index (χ1) is 15.6. The van der Waals surface area contributed by atoms with Gasteiger partial charge in [0.05, 0.1) is 30.1 Å². The van der Waals surface area contributed by atoms with E-state index in [0.717, 1.165) is 52.5 Å². The van der Waals surface area contributed by atoms with E-state index in [-0.39, 0.29) is 5.91 Å². The maximum absolute atomic E-state index is 12.5. The van der Waals surface area contributed by atoms with Crippen molar-refractivity contribution >= 4 is 46.3 Å². The molecule has 162 valence electrons. The number of methoxy groups -OCH3 is 1. The number of imidazole rings is 1. The zero-order valence-electron chi connectivity index (χ0n) is 17.3. The molecule has 2 aromatic heterocycles. The SMILES string of the molecule is COc1cc(Cl)ccc1-c1cc(C(=O)N/N=C/c2ccc3c(c2)nc2n3CCCC2)sn1. The summed E-state index contributed by atoms with van der Waals surface area (Å²) in [5.74, 6) is 1.42. The Balaban J connectivity index is 1.29. The van der Waals surface area contributed by atoms with Crippen LogP contribution in [0.5, 0.6) is 5.75 Å². The van der Waals surface area contributed by atoms with Gasteiger partial charge in [0.25, 0.3) is 5.91 Å². The van der Waals surface area contributed by atoms with Gasteiger partial charge in [-0.3, -0.25) is 4.79 Å². The number of fused-ring (bicyclic) bond motifs is 3. The first-order valence-electron chi connectivity index (χ1n) is 10.3. The number of aromatic nitrogens is 3. The summed E-state index contributed by atoms with van der Waals surface area (Å²) in [5.41, 5.74) is 6.97. The lowest BCUT2D eigenvalue weighted by atomic mass is 10.1. The summed E-state index contributed by atoms with van der Waals surface area (Å²) in [4.78, 5) is 17.7. The molecule has 0 saturated carbocycles. The number of hydrogen-bond acceptors (Lipinski definition) is 6. The van der Waals surface area contributed by atoms with Crippen LogP contribution in [-0.2, 0) is 13.0 Å². The van der Waals surface area contributed by atoms with E-state index in [4.69, 9.17) is 21.3 Å². The molecule has 5 rings (SSSR count). The zero-order chi connectivity index (χ0) is 22.1. The van der Waals surface area contributed by atoms with Crippen LogP contribution in [-0.4, -0.2) is 33.2 Å². The van der Waals surface area contributed by atoms with Crippen molar-refractivity contribution in [2.45, 2.75) is 25.8 Å². The van der Waals surface area contributed by atoms with Crippen LogP contribution < -0.4 is 10.2 Å². The van der Waals surface area contributed by atoms with Crippen molar-refractivity contribution in [3.63, 3.8) is 0 Å². The number of rotatable bonds is 5. The molecule has 0 atom stereocenters. The molecule has 2 aromatic carbocycles. The highest BCUT2D eigenvalue weighted by molar-refractivity contribution is 7.08. The fourth-order valence-electron chi connectivity index (χ4n) is 3.88. The molecule has 0 aliphatic carbocycles. The second kappa shape index (κ2) is 8.72. The predicted octanol–water partition coefficient (Wildman–Crippen LogP) is 4.92. The van der Waals surface area contributed by atoms with Crippen molar-refractivity contribution in [2.24, 2.45) is 5.10 Å². The van der Waals surface area contributed by atoms with Crippen molar-refractivity contribution in [1.82, 2.24) is 19.4 Å². The van der Waals surface area contributed by atoms with Gasteiger partial charge in [0.2, 0.25) is 0 Å². The summed E-state index contributed by atoms with van der Waals surface area (Å²) >= 11 is 7.12. The van der Waals surface area contributed by atoms with E-state index in [1.807, 2.05) is 18.2 Å². The molecule has 4 aromatic rings. The molecule has 0 fully saturated rings. The number of nitrogens with zero attached hydrogens (tertiary/aromatic N) is 4. The minimum absolute atomic E-state index is 0.323. The van der Waals surface area contributed by atoms with Gasteiger partial charge in [-0.2, -0.15) is 9.47 Å². The number of nitrogens with one attached hydrogen (secondary N) is 1. The third kappa shape index (κ3) is 3.99. The van der Waals surface area contributed by atoms with Crippen molar-refractivity contribution in [1.29, 1.82) is 0 Å². The number of ether oxygens (including phenoxy) is 1. The van der Waals surface area contributed by atoms with Crippen LogP contribution in [0, 0.1) is 0 Å². The minimum Gasteiger partial charge on any atom is -0.496 e. The largest absolute Gasteiger partial charge is 0.496 e. The summed E-state index contributed by atoms with van der Waals surface area (Å²) in [6, 6.07) is 13.1. The van der Waals surface area contributed by atoms with Crippen molar-refractivity contribution < 1.29 is 9.53 Å². The van der Waals surface area contributed by atoms with Crippen molar-refractivity contribution in [3.05, 3.63) is 63.8 Å². The smallest absolute Gasteiger partial charge is 0.283 e. The third-order valence-corrected chi connectivity index (χ3v) is 6.46. The molecule has 1 N–H and O–H groups in total. The number of aryl methyl sites for hydroxylation is 2. The Morgan fingerprint density at radius 2 is 2.16 bits per heavy atom. The lowest BCUT2D eigenvalue weighted by Gasteiger charge is -2.13. The van der Waals surface area contributed by atoms with E-state index >= 15 is 0 Å². The Kier molecular flexibility index (Phi) is 5.63. The Morgan fingerprint density at radius 1 is 1.25 bits per heavy atom. The fraction of sp³-hybridized carbons (Fsp3) is 0.217. The molecule has 9 heteroatoms. The van der Waals surface area contributed by atoms with Gasteiger partial charge >= 0.3 is 0 Å². The average Bonchev–Trinajstić information content (AvgIpc) is 3.43. The monoisotopic (exact) mass is 465 g/mol. The van der Waals surface area contributed by atoms with Gasteiger partial charge in [-0.25, -0.2) is 10.4 Å². The predicted molar refractivity (Wildman–Crippen MR) is 127 cm³/mol. The molecular formula is C23H20ClN5O2S. The van der Waals surface area contributed by atoms with Crippen LogP contribution in [0.15, 0.2) is 47.6 Å². The Morgan fingerprint density at radius 3 is 3.03 bits per heavy atom. The highest BCUT2D eigenvalue weighted by atomic mass is 35.5. The summed E-state index contributed by atoms with van der Waals surface area (Å²) in [6.07, 6.45) is 5.03. The van der Waals surface area contributed by atoms with Gasteiger partial charge < -0.3 is 9.30 Å². The maximum Gasteiger partial charge on any atom is 0.283 e.